The molecule has 1 heterocycles. The van der Waals surface area contributed by atoms with Crippen molar-refractivity contribution < 1.29 is 4.74 Å². The Bertz CT molecular complexity index is 424. The van der Waals surface area contributed by atoms with E-state index >= 15 is 0 Å². The summed E-state index contributed by atoms with van der Waals surface area (Å²) in [5.41, 5.74) is 2.95. The SMILES string of the molecule is CCC1OCCC1C(NC)c1ccc(C2CCC2)cc1. The summed E-state index contributed by atoms with van der Waals surface area (Å²) >= 11 is 0. The van der Waals surface area contributed by atoms with Gasteiger partial charge in [0, 0.05) is 18.6 Å². The van der Waals surface area contributed by atoms with E-state index in [9.17, 15) is 0 Å². The highest BCUT2D eigenvalue weighted by Gasteiger charge is 2.33. The van der Waals surface area contributed by atoms with Crippen LogP contribution in [0.2, 0.25) is 0 Å². The van der Waals surface area contributed by atoms with E-state index in [1.807, 2.05) is 0 Å². The third-order valence-electron chi connectivity index (χ3n) is 5.27. The molecule has 1 saturated heterocycles. The fraction of sp³-hybridized carbons (Fsp3) is 0.667. The lowest BCUT2D eigenvalue weighted by atomic mass is 9.79. The molecule has 1 aromatic carbocycles. The largest absolute Gasteiger partial charge is 0.378 e. The Morgan fingerprint density at radius 1 is 1.20 bits per heavy atom. The maximum Gasteiger partial charge on any atom is 0.0619 e. The van der Waals surface area contributed by atoms with E-state index in [4.69, 9.17) is 4.74 Å². The normalized spacial score (nSPS) is 28.3. The third-order valence-corrected chi connectivity index (χ3v) is 5.27. The highest BCUT2D eigenvalue weighted by molar-refractivity contribution is 5.29. The van der Waals surface area contributed by atoms with Crippen molar-refractivity contribution in [2.24, 2.45) is 5.92 Å². The van der Waals surface area contributed by atoms with Crippen molar-refractivity contribution in [2.75, 3.05) is 13.7 Å². The van der Waals surface area contributed by atoms with E-state index in [0.29, 0.717) is 18.1 Å². The van der Waals surface area contributed by atoms with Crippen molar-refractivity contribution in [3.63, 3.8) is 0 Å². The summed E-state index contributed by atoms with van der Waals surface area (Å²) in [6.45, 7) is 3.15. The molecule has 0 aromatic heterocycles. The van der Waals surface area contributed by atoms with Crippen molar-refractivity contribution in [2.45, 2.75) is 57.1 Å². The van der Waals surface area contributed by atoms with Gasteiger partial charge >= 0.3 is 0 Å². The van der Waals surface area contributed by atoms with Gasteiger partial charge in [-0.2, -0.15) is 0 Å². The lowest BCUT2D eigenvalue weighted by Gasteiger charge is -2.29. The fourth-order valence-corrected chi connectivity index (χ4v) is 3.81. The number of hydrogen-bond acceptors (Lipinski definition) is 2. The molecule has 2 nitrogen and oxygen atoms in total. The molecule has 2 aliphatic rings. The second-order valence-electron chi connectivity index (χ2n) is 6.33. The molecule has 2 fully saturated rings. The monoisotopic (exact) mass is 273 g/mol. The minimum Gasteiger partial charge on any atom is -0.378 e. The second-order valence-corrected chi connectivity index (χ2v) is 6.33. The first kappa shape index (κ1) is 14.1. The van der Waals surface area contributed by atoms with Crippen LogP contribution in [0.5, 0.6) is 0 Å². The van der Waals surface area contributed by atoms with Crippen molar-refractivity contribution in [1.29, 1.82) is 0 Å². The quantitative estimate of drug-likeness (QED) is 0.874. The summed E-state index contributed by atoms with van der Waals surface area (Å²) in [5.74, 6) is 1.44. The number of benzene rings is 1. The average molecular weight is 273 g/mol. The topological polar surface area (TPSA) is 21.3 Å². The van der Waals surface area contributed by atoms with E-state index in [2.05, 4.69) is 43.6 Å². The van der Waals surface area contributed by atoms with Gasteiger partial charge in [0.05, 0.1) is 6.10 Å². The molecule has 2 heteroatoms. The molecule has 20 heavy (non-hydrogen) atoms. The molecule has 1 aromatic rings. The molecular weight excluding hydrogens is 246 g/mol. The molecule has 110 valence electrons. The molecule has 1 aliphatic heterocycles. The van der Waals surface area contributed by atoms with Gasteiger partial charge in [-0.1, -0.05) is 37.6 Å². The molecule has 0 amide bonds. The van der Waals surface area contributed by atoms with Gasteiger partial charge in [0.25, 0.3) is 0 Å². The zero-order valence-corrected chi connectivity index (χ0v) is 12.8. The summed E-state index contributed by atoms with van der Waals surface area (Å²) < 4.78 is 5.87. The Hall–Kier alpha value is -0.860. The van der Waals surface area contributed by atoms with Gasteiger partial charge in [-0.05, 0) is 49.8 Å². The fourth-order valence-electron chi connectivity index (χ4n) is 3.81. The Morgan fingerprint density at radius 3 is 2.50 bits per heavy atom. The van der Waals surface area contributed by atoms with E-state index in [1.54, 1.807) is 0 Å². The lowest BCUT2D eigenvalue weighted by Crippen LogP contribution is -2.30. The molecule has 3 atom stereocenters. The molecule has 0 radical (unpaired) electrons. The second kappa shape index (κ2) is 6.28. The van der Waals surface area contributed by atoms with Crippen LogP contribution < -0.4 is 5.32 Å². The first-order chi connectivity index (χ1) is 9.83. The summed E-state index contributed by atoms with van der Waals surface area (Å²) in [6, 6.07) is 9.79. The summed E-state index contributed by atoms with van der Waals surface area (Å²) in [6.07, 6.45) is 6.87. The maximum atomic E-state index is 5.87. The Morgan fingerprint density at radius 2 is 1.95 bits per heavy atom. The number of rotatable bonds is 5. The van der Waals surface area contributed by atoms with Crippen LogP contribution >= 0.6 is 0 Å². The molecular formula is C18H27NO. The van der Waals surface area contributed by atoms with E-state index in [1.165, 1.54) is 36.8 Å². The number of hydrogen-bond donors (Lipinski definition) is 1. The number of nitrogens with one attached hydrogen (secondary N) is 1. The highest BCUT2D eigenvalue weighted by atomic mass is 16.5. The highest BCUT2D eigenvalue weighted by Crippen LogP contribution is 2.38. The molecule has 3 rings (SSSR count). The third kappa shape index (κ3) is 2.64. The van der Waals surface area contributed by atoms with E-state index in [0.717, 1.165) is 18.9 Å². The Balaban J connectivity index is 1.74. The van der Waals surface area contributed by atoms with Crippen molar-refractivity contribution >= 4 is 0 Å². The molecule has 3 unspecified atom stereocenters. The van der Waals surface area contributed by atoms with Gasteiger partial charge in [-0.25, -0.2) is 0 Å². The summed E-state index contributed by atoms with van der Waals surface area (Å²) in [4.78, 5) is 0. The molecule has 0 spiro atoms. The van der Waals surface area contributed by atoms with Crippen molar-refractivity contribution in [3.8, 4) is 0 Å². The summed E-state index contributed by atoms with van der Waals surface area (Å²) in [5, 5.41) is 3.52. The van der Waals surface area contributed by atoms with Crippen LogP contribution in [0, 0.1) is 5.92 Å². The molecule has 1 aliphatic carbocycles. The van der Waals surface area contributed by atoms with Crippen LogP contribution in [-0.2, 0) is 4.74 Å². The van der Waals surface area contributed by atoms with Gasteiger partial charge < -0.3 is 10.1 Å². The van der Waals surface area contributed by atoms with Gasteiger partial charge in [-0.15, -0.1) is 0 Å². The van der Waals surface area contributed by atoms with Crippen LogP contribution in [0.25, 0.3) is 0 Å². The minimum atomic E-state index is 0.416. The van der Waals surface area contributed by atoms with Crippen LogP contribution in [0.1, 0.15) is 62.1 Å². The Kier molecular flexibility index (Phi) is 4.42. The standard InChI is InChI=1S/C18H27NO/c1-3-17-16(11-12-20-17)18(19-2)15-9-7-14(8-10-15)13-5-4-6-13/h7-10,13,16-19H,3-6,11-12H2,1-2H3. The lowest BCUT2D eigenvalue weighted by molar-refractivity contribution is 0.0782. The predicted octanol–water partition coefficient (Wildman–Crippen LogP) is 4.03. The van der Waals surface area contributed by atoms with Gasteiger partial charge in [0.2, 0.25) is 0 Å². The molecule has 0 bridgehead atoms. The molecule has 1 N–H and O–H groups in total. The van der Waals surface area contributed by atoms with Gasteiger partial charge in [0.1, 0.15) is 0 Å². The Labute approximate surface area is 122 Å². The van der Waals surface area contributed by atoms with Crippen LogP contribution in [0.3, 0.4) is 0 Å². The predicted molar refractivity (Wildman–Crippen MR) is 83.0 cm³/mol. The smallest absolute Gasteiger partial charge is 0.0619 e. The van der Waals surface area contributed by atoms with Crippen molar-refractivity contribution in [3.05, 3.63) is 35.4 Å². The van der Waals surface area contributed by atoms with E-state index < -0.39 is 0 Å². The number of ether oxygens (including phenoxy) is 1. The van der Waals surface area contributed by atoms with Crippen molar-refractivity contribution in [1.82, 2.24) is 5.32 Å². The first-order valence-corrected chi connectivity index (χ1v) is 8.22. The van der Waals surface area contributed by atoms with Crippen LogP contribution in [0.4, 0.5) is 0 Å². The summed E-state index contributed by atoms with van der Waals surface area (Å²) in [7, 11) is 2.08. The molecule has 1 saturated carbocycles. The van der Waals surface area contributed by atoms with Gasteiger partial charge in [-0.3, -0.25) is 0 Å². The van der Waals surface area contributed by atoms with Crippen LogP contribution in [-0.4, -0.2) is 19.8 Å². The zero-order valence-electron chi connectivity index (χ0n) is 12.8. The van der Waals surface area contributed by atoms with Gasteiger partial charge in [0.15, 0.2) is 0 Å². The average Bonchev–Trinajstić information content (AvgIpc) is 2.88. The first-order valence-electron chi connectivity index (χ1n) is 8.22. The zero-order chi connectivity index (χ0) is 13.9. The van der Waals surface area contributed by atoms with Crippen LogP contribution in [0.15, 0.2) is 24.3 Å². The van der Waals surface area contributed by atoms with E-state index in [-0.39, 0.29) is 0 Å². The minimum absolute atomic E-state index is 0.416. The maximum absolute atomic E-state index is 5.87.